The third-order valence-corrected chi connectivity index (χ3v) is 3.74. The number of aryl methyl sites for hydroxylation is 1. The maximum atomic E-state index is 11.9. The van der Waals surface area contributed by atoms with Crippen LogP contribution in [0.1, 0.15) is 12.7 Å². The lowest BCUT2D eigenvalue weighted by Crippen LogP contribution is -2.09. The van der Waals surface area contributed by atoms with Gasteiger partial charge in [-0.25, -0.2) is 0 Å². The van der Waals surface area contributed by atoms with E-state index in [-0.39, 0.29) is 5.95 Å². The van der Waals surface area contributed by atoms with Crippen molar-refractivity contribution in [3.8, 4) is 11.3 Å². The van der Waals surface area contributed by atoms with Crippen molar-refractivity contribution in [1.82, 2.24) is 20.2 Å². The molecule has 0 radical (unpaired) electrons. The largest absolute Gasteiger partial charge is 0.457 e. The highest BCUT2D eigenvalue weighted by Gasteiger charge is 2.09. The molecule has 9 heteroatoms. The fraction of sp³-hybridized carbons (Fsp3) is 0.125. The Morgan fingerprint density at radius 2 is 2.16 bits per heavy atom. The van der Waals surface area contributed by atoms with Crippen LogP contribution >= 0.6 is 23.2 Å². The summed E-state index contributed by atoms with van der Waals surface area (Å²) in [7, 11) is 0. The minimum atomic E-state index is -0.391. The van der Waals surface area contributed by atoms with Crippen molar-refractivity contribution in [2.75, 3.05) is 5.32 Å². The van der Waals surface area contributed by atoms with E-state index in [2.05, 4.69) is 20.7 Å². The van der Waals surface area contributed by atoms with Crippen molar-refractivity contribution in [2.24, 2.45) is 0 Å². The molecule has 0 spiro atoms. The molecule has 1 N–H and O–H groups in total. The van der Waals surface area contributed by atoms with Crippen LogP contribution < -0.4 is 5.32 Å². The van der Waals surface area contributed by atoms with E-state index < -0.39 is 5.91 Å². The first-order chi connectivity index (χ1) is 12.0. The number of carbonyl (C=O) groups is 1. The maximum absolute atomic E-state index is 11.9. The predicted molar refractivity (Wildman–Crippen MR) is 95.3 cm³/mol. The summed E-state index contributed by atoms with van der Waals surface area (Å²) in [4.78, 5) is 13.2. The molecular weight excluding hydrogens is 365 g/mol. The van der Waals surface area contributed by atoms with Gasteiger partial charge in [0.15, 0.2) is 0 Å². The Labute approximate surface area is 153 Å². The van der Waals surface area contributed by atoms with Gasteiger partial charge in [-0.3, -0.25) is 10.1 Å². The molecule has 2 heterocycles. The molecule has 7 nitrogen and oxygen atoms in total. The van der Waals surface area contributed by atoms with Crippen LogP contribution in [0.2, 0.25) is 10.0 Å². The fourth-order valence-corrected chi connectivity index (χ4v) is 2.52. The lowest BCUT2D eigenvalue weighted by atomic mass is 10.2. The Balaban J connectivity index is 1.68. The second kappa shape index (κ2) is 7.50. The smallest absolute Gasteiger partial charge is 0.270 e. The Bertz CT molecular complexity index is 932. The van der Waals surface area contributed by atoms with Crippen LogP contribution in [0.5, 0.6) is 0 Å². The van der Waals surface area contributed by atoms with E-state index in [1.165, 1.54) is 16.9 Å². The summed E-state index contributed by atoms with van der Waals surface area (Å²) in [5.74, 6) is 0.832. The van der Waals surface area contributed by atoms with E-state index >= 15 is 0 Å². The number of nitrogens with one attached hydrogen (secondary N) is 1. The number of hydrogen-bond donors (Lipinski definition) is 1. The van der Waals surface area contributed by atoms with Crippen molar-refractivity contribution >= 4 is 41.1 Å². The van der Waals surface area contributed by atoms with E-state index in [9.17, 15) is 4.79 Å². The van der Waals surface area contributed by atoms with Crippen LogP contribution in [0.15, 0.2) is 40.8 Å². The fourth-order valence-electron chi connectivity index (χ4n) is 2.01. The van der Waals surface area contributed by atoms with Gasteiger partial charge >= 0.3 is 0 Å². The lowest BCUT2D eigenvalue weighted by Gasteiger charge is -2.00. The number of halogens is 2. The van der Waals surface area contributed by atoms with Gasteiger partial charge in [0.2, 0.25) is 0 Å². The average molecular weight is 378 g/mol. The quantitative estimate of drug-likeness (QED) is 0.681. The minimum Gasteiger partial charge on any atom is -0.457 e. The van der Waals surface area contributed by atoms with Crippen LogP contribution in [-0.4, -0.2) is 26.1 Å². The first-order valence-corrected chi connectivity index (χ1v) is 8.13. The molecule has 0 aliphatic carbocycles. The summed E-state index contributed by atoms with van der Waals surface area (Å²) in [5.41, 5.74) is 0.718. The zero-order valence-electron chi connectivity index (χ0n) is 13.1. The lowest BCUT2D eigenvalue weighted by molar-refractivity contribution is -0.111. The second-order valence-electron chi connectivity index (χ2n) is 4.95. The van der Waals surface area contributed by atoms with Gasteiger partial charge in [0.25, 0.3) is 11.9 Å². The third-order valence-electron chi connectivity index (χ3n) is 3.19. The first-order valence-electron chi connectivity index (χ1n) is 7.37. The highest BCUT2D eigenvalue weighted by Crippen LogP contribution is 2.31. The van der Waals surface area contributed by atoms with Gasteiger partial charge in [0.1, 0.15) is 11.5 Å². The van der Waals surface area contributed by atoms with E-state index in [0.717, 1.165) is 5.56 Å². The number of furan rings is 1. The van der Waals surface area contributed by atoms with Crippen LogP contribution in [0.25, 0.3) is 17.4 Å². The topological polar surface area (TPSA) is 85.8 Å². The molecule has 128 valence electrons. The normalized spacial score (nSPS) is 11.2. The molecule has 0 aliphatic rings. The van der Waals surface area contributed by atoms with Gasteiger partial charge < -0.3 is 4.42 Å². The van der Waals surface area contributed by atoms with Gasteiger partial charge in [-0.05, 0) is 48.5 Å². The molecule has 1 amide bonds. The maximum Gasteiger partial charge on any atom is 0.270 e. The number of carbonyl (C=O) groups excluding carboxylic acids is 1. The number of aromatic nitrogens is 4. The molecule has 0 saturated carbocycles. The standard InChI is InChI=1S/C16H13Cl2N5O2/c1-2-23-21-16(20-22-23)19-15(24)8-5-11-4-7-14(25-11)12-6-3-10(17)9-13(12)18/h3-9H,2H2,1H3,(H,19,21,24)/b8-5+. The van der Waals surface area contributed by atoms with Gasteiger partial charge in [-0.15, -0.1) is 5.10 Å². The van der Waals surface area contributed by atoms with E-state index in [1.54, 1.807) is 30.3 Å². The van der Waals surface area contributed by atoms with Gasteiger partial charge in [-0.2, -0.15) is 4.80 Å². The van der Waals surface area contributed by atoms with E-state index in [0.29, 0.717) is 28.1 Å². The Morgan fingerprint density at radius 3 is 2.88 bits per heavy atom. The summed E-state index contributed by atoms with van der Waals surface area (Å²) in [6, 6.07) is 8.63. The molecule has 2 aromatic heterocycles. The van der Waals surface area contributed by atoms with Crippen LogP contribution in [0.4, 0.5) is 5.95 Å². The summed E-state index contributed by atoms with van der Waals surface area (Å²) in [6.07, 6.45) is 2.85. The first kappa shape index (κ1) is 17.2. The van der Waals surface area contributed by atoms with E-state index in [1.807, 2.05) is 6.92 Å². The third kappa shape index (κ3) is 4.26. The highest BCUT2D eigenvalue weighted by molar-refractivity contribution is 6.36. The van der Waals surface area contributed by atoms with Crippen molar-refractivity contribution in [2.45, 2.75) is 13.5 Å². The Morgan fingerprint density at radius 1 is 1.32 bits per heavy atom. The van der Waals surface area contributed by atoms with Crippen molar-refractivity contribution in [3.05, 3.63) is 52.2 Å². The molecule has 0 unspecified atom stereocenters. The molecule has 0 atom stereocenters. The number of tetrazole rings is 1. The van der Waals surface area contributed by atoms with Crippen molar-refractivity contribution in [3.63, 3.8) is 0 Å². The molecule has 0 saturated heterocycles. The SMILES string of the molecule is CCn1nnc(NC(=O)/C=C/c2ccc(-c3ccc(Cl)cc3Cl)o2)n1. The zero-order chi connectivity index (χ0) is 17.8. The molecule has 3 rings (SSSR count). The monoisotopic (exact) mass is 377 g/mol. The Kier molecular flexibility index (Phi) is 5.16. The molecule has 1 aromatic carbocycles. The number of amides is 1. The predicted octanol–water partition coefficient (Wildman–Crippen LogP) is 3.91. The second-order valence-corrected chi connectivity index (χ2v) is 5.79. The number of rotatable bonds is 5. The number of anilines is 1. The van der Waals surface area contributed by atoms with Crippen LogP contribution in [0, 0.1) is 0 Å². The van der Waals surface area contributed by atoms with Gasteiger partial charge in [0.05, 0.1) is 11.6 Å². The molecule has 0 aliphatic heterocycles. The number of hydrogen-bond acceptors (Lipinski definition) is 5. The minimum absolute atomic E-state index is 0.143. The average Bonchev–Trinajstić information content (AvgIpc) is 3.22. The Hall–Kier alpha value is -2.64. The number of benzene rings is 1. The summed E-state index contributed by atoms with van der Waals surface area (Å²) < 4.78 is 5.67. The molecule has 0 fully saturated rings. The van der Waals surface area contributed by atoms with Crippen LogP contribution in [-0.2, 0) is 11.3 Å². The van der Waals surface area contributed by atoms with Gasteiger partial charge in [0, 0.05) is 16.7 Å². The molecule has 0 bridgehead atoms. The zero-order valence-corrected chi connectivity index (χ0v) is 14.6. The number of nitrogens with zero attached hydrogens (tertiary/aromatic N) is 4. The van der Waals surface area contributed by atoms with Crippen LogP contribution in [0.3, 0.4) is 0 Å². The summed E-state index contributed by atoms with van der Waals surface area (Å²) in [5, 5.41) is 15.0. The molecule has 3 aromatic rings. The molecular formula is C16H13Cl2N5O2. The van der Waals surface area contributed by atoms with Crippen molar-refractivity contribution in [1.29, 1.82) is 0 Å². The van der Waals surface area contributed by atoms with E-state index in [4.69, 9.17) is 27.6 Å². The molecule has 25 heavy (non-hydrogen) atoms. The highest BCUT2D eigenvalue weighted by atomic mass is 35.5. The summed E-state index contributed by atoms with van der Waals surface area (Å²) in [6.45, 7) is 2.44. The van der Waals surface area contributed by atoms with Gasteiger partial charge in [-0.1, -0.05) is 28.3 Å². The van der Waals surface area contributed by atoms with Crippen molar-refractivity contribution < 1.29 is 9.21 Å². The summed E-state index contributed by atoms with van der Waals surface area (Å²) >= 11 is 12.0.